The van der Waals surface area contributed by atoms with Gasteiger partial charge in [0.2, 0.25) is 5.79 Å². The molecule has 12 nitrogen and oxygen atoms in total. The first-order valence-corrected chi connectivity index (χ1v) is 21.9. The molecule has 56 heavy (non-hydrogen) atoms. The number of hydrogen-bond donors (Lipinski definition) is 3. The van der Waals surface area contributed by atoms with Gasteiger partial charge in [0.1, 0.15) is 5.78 Å². The van der Waals surface area contributed by atoms with Gasteiger partial charge in [-0.1, -0.05) is 55.4 Å². The molecule has 0 aliphatic carbocycles. The molecule has 18 atom stereocenters. The molecule has 5 aliphatic heterocycles. The zero-order valence-electron chi connectivity index (χ0n) is 36.1. The summed E-state index contributed by atoms with van der Waals surface area (Å²) >= 11 is 0. The number of rotatable bonds is 13. The minimum atomic E-state index is -1.29. The third-order valence-corrected chi connectivity index (χ3v) is 15.1. The van der Waals surface area contributed by atoms with E-state index in [2.05, 4.69) is 20.8 Å². The first-order chi connectivity index (χ1) is 26.2. The van der Waals surface area contributed by atoms with Crippen LogP contribution in [0.1, 0.15) is 153 Å². The molecule has 2 spiro atoms. The second kappa shape index (κ2) is 17.5. The van der Waals surface area contributed by atoms with Crippen molar-refractivity contribution >= 4 is 17.7 Å². The monoisotopic (exact) mass is 795 g/mol. The highest BCUT2D eigenvalue weighted by atomic mass is 16.8. The number of aliphatic hydroxyl groups is 2. The fourth-order valence-electron chi connectivity index (χ4n) is 11.2. The lowest BCUT2D eigenvalue weighted by Crippen LogP contribution is -2.65. The fraction of sp³-hybridized carbons (Fsp3) is 0.932. The zero-order valence-corrected chi connectivity index (χ0v) is 36.1. The normalized spacial score (nSPS) is 44.5. The van der Waals surface area contributed by atoms with Gasteiger partial charge in [-0.05, 0) is 89.9 Å². The van der Waals surface area contributed by atoms with E-state index in [0.717, 1.165) is 12.8 Å². The molecule has 0 radical (unpaired) electrons. The molecule has 5 aliphatic rings. The number of aliphatic carboxylic acids is 1. The third-order valence-electron chi connectivity index (χ3n) is 15.1. The molecule has 322 valence electrons. The highest BCUT2D eigenvalue weighted by molar-refractivity contribution is 5.84. The summed E-state index contributed by atoms with van der Waals surface area (Å²) < 4.78 is 40.2. The number of carboxylic acids is 1. The van der Waals surface area contributed by atoms with E-state index in [9.17, 15) is 29.7 Å². The predicted molar refractivity (Wildman–Crippen MR) is 208 cm³/mol. The van der Waals surface area contributed by atoms with Crippen LogP contribution in [0.3, 0.4) is 0 Å². The molecule has 0 aromatic heterocycles. The molecular weight excluding hydrogens is 720 g/mol. The van der Waals surface area contributed by atoms with Crippen LogP contribution >= 0.6 is 0 Å². The second-order valence-electron chi connectivity index (χ2n) is 18.8. The molecule has 12 heteroatoms. The van der Waals surface area contributed by atoms with Crippen molar-refractivity contribution in [2.24, 2.45) is 41.4 Å². The Morgan fingerprint density at radius 1 is 0.821 bits per heavy atom. The Morgan fingerprint density at radius 3 is 2.09 bits per heavy atom. The minimum Gasteiger partial charge on any atom is -0.481 e. The number of Topliss-reactive ketones (excluding diaryl/α,β-unsaturated/α-hetero) is 1. The van der Waals surface area contributed by atoms with Crippen LogP contribution in [-0.4, -0.2) is 98.5 Å². The molecule has 0 aromatic carbocycles. The van der Waals surface area contributed by atoms with Crippen molar-refractivity contribution in [1.29, 1.82) is 0 Å². The Bertz CT molecular complexity index is 1390. The van der Waals surface area contributed by atoms with E-state index in [0.29, 0.717) is 64.2 Å². The van der Waals surface area contributed by atoms with Crippen molar-refractivity contribution in [3.63, 3.8) is 0 Å². The van der Waals surface area contributed by atoms with Crippen molar-refractivity contribution < 1.29 is 58.1 Å². The van der Waals surface area contributed by atoms with Crippen molar-refractivity contribution in [1.82, 2.24) is 0 Å². The zero-order chi connectivity index (χ0) is 41.5. The van der Waals surface area contributed by atoms with Gasteiger partial charge in [-0.2, -0.15) is 0 Å². The van der Waals surface area contributed by atoms with Crippen molar-refractivity contribution in [3.8, 4) is 0 Å². The second-order valence-corrected chi connectivity index (χ2v) is 18.8. The molecule has 0 bridgehead atoms. The highest BCUT2D eigenvalue weighted by Gasteiger charge is 2.65. The van der Waals surface area contributed by atoms with E-state index in [1.807, 2.05) is 41.5 Å². The number of hydrogen-bond acceptors (Lipinski definition) is 11. The van der Waals surface area contributed by atoms with Gasteiger partial charge in [-0.15, -0.1) is 0 Å². The molecule has 5 fully saturated rings. The van der Waals surface area contributed by atoms with E-state index in [1.165, 1.54) is 6.92 Å². The smallest absolute Gasteiger partial charge is 0.309 e. The Labute approximate surface area is 335 Å². The highest BCUT2D eigenvalue weighted by Crippen LogP contribution is 2.56. The SMILES string of the molecule is CC[C@@H](C(=O)[C@@H](C)[C@@H](O)[C@H](C)[C@@H]1O[C@@H]([C@@H](CC)C(=O)O)CC[C@@H]1C)[C@H]1O[C@]2(CCC(OC(C)=O)C3(CC[C@@](C)([C@H]4CC[C@](O)(CC)[C@H](C)O4)O3)O2)[C@H](C)C[C@@H]1C. The van der Waals surface area contributed by atoms with Gasteiger partial charge in [0, 0.05) is 43.4 Å². The summed E-state index contributed by atoms with van der Waals surface area (Å²) in [4.78, 5) is 39.0. The predicted octanol–water partition coefficient (Wildman–Crippen LogP) is 6.98. The number of carbonyl (C=O) groups excluding carboxylic acids is 2. The van der Waals surface area contributed by atoms with Gasteiger partial charge in [-0.25, -0.2) is 0 Å². The van der Waals surface area contributed by atoms with Gasteiger partial charge < -0.3 is 43.7 Å². The van der Waals surface area contributed by atoms with Crippen LogP contribution in [0.4, 0.5) is 0 Å². The number of ketones is 1. The first kappa shape index (κ1) is 45.4. The molecule has 2 unspecified atom stereocenters. The van der Waals surface area contributed by atoms with Crippen molar-refractivity contribution in [2.75, 3.05) is 0 Å². The molecule has 5 heterocycles. The van der Waals surface area contributed by atoms with Crippen molar-refractivity contribution in [3.05, 3.63) is 0 Å². The third kappa shape index (κ3) is 8.64. The Kier molecular flexibility index (Phi) is 14.2. The van der Waals surface area contributed by atoms with Crippen LogP contribution < -0.4 is 0 Å². The van der Waals surface area contributed by atoms with Crippen LogP contribution in [0, 0.1) is 41.4 Å². The lowest BCUT2D eigenvalue weighted by Gasteiger charge is -2.57. The minimum absolute atomic E-state index is 0.0192. The van der Waals surface area contributed by atoms with Crippen LogP contribution in [0.25, 0.3) is 0 Å². The van der Waals surface area contributed by atoms with E-state index < -0.39 is 82.8 Å². The van der Waals surface area contributed by atoms with Crippen LogP contribution in [0.5, 0.6) is 0 Å². The Hall–Kier alpha value is -1.67. The van der Waals surface area contributed by atoms with Gasteiger partial charge >= 0.3 is 11.9 Å². The van der Waals surface area contributed by atoms with E-state index in [-0.39, 0.29) is 41.8 Å². The molecule has 0 saturated carbocycles. The quantitative estimate of drug-likeness (QED) is 0.164. The van der Waals surface area contributed by atoms with Gasteiger partial charge in [0.05, 0.1) is 53.7 Å². The number of aliphatic hydroxyl groups excluding tert-OH is 1. The summed E-state index contributed by atoms with van der Waals surface area (Å²) in [5, 5.41) is 32.7. The molecule has 5 saturated heterocycles. The van der Waals surface area contributed by atoms with E-state index >= 15 is 0 Å². The summed E-state index contributed by atoms with van der Waals surface area (Å²) in [5.74, 6) is -5.94. The lowest BCUT2D eigenvalue weighted by atomic mass is 9.72. The maximum Gasteiger partial charge on any atom is 0.309 e. The van der Waals surface area contributed by atoms with Gasteiger partial charge in [0.25, 0.3) is 0 Å². The Balaban J connectivity index is 1.35. The Morgan fingerprint density at radius 2 is 1.50 bits per heavy atom. The largest absolute Gasteiger partial charge is 0.481 e. The number of ether oxygens (including phenoxy) is 6. The maximum atomic E-state index is 14.6. The standard InChI is InChI=1S/C44H74O12/c1-12-31(40(48)49)33-16-15-24(4)38(53-33)28(8)36(46)27(7)37(47)32(13-2)39-25(5)23-26(6)43(54-39)20-18-35(52-30(10)45)44(56-43)22-21-41(11,55-44)34-17-19-42(50,14-3)29(9)51-34/h24-29,31-36,38-39,46,50H,12-23H2,1-11H3,(H,48,49)/t24-,25-,26+,27-,28-,29-,31+,32-,33+,34+,35?,36+,38+,39-,41-,42+,43-,44?/m0/s1. The average Bonchev–Trinajstić information content (AvgIpc) is 3.49. The number of esters is 1. The number of carboxylic acid groups (broad SMARTS) is 1. The topological polar surface area (TPSA) is 167 Å². The van der Waals surface area contributed by atoms with Gasteiger partial charge in [0.15, 0.2) is 11.9 Å². The fourth-order valence-corrected chi connectivity index (χ4v) is 11.2. The summed E-state index contributed by atoms with van der Waals surface area (Å²) in [7, 11) is 0. The molecule has 3 N–H and O–H groups in total. The molecule has 0 aromatic rings. The van der Waals surface area contributed by atoms with E-state index in [1.54, 1.807) is 6.92 Å². The lowest BCUT2D eigenvalue weighted by molar-refractivity contribution is -0.442. The van der Waals surface area contributed by atoms with Crippen molar-refractivity contribution in [2.45, 2.75) is 219 Å². The van der Waals surface area contributed by atoms with E-state index in [4.69, 9.17) is 28.4 Å². The van der Waals surface area contributed by atoms with Crippen LogP contribution in [-0.2, 0) is 42.8 Å². The van der Waals surface area contributed by atoms with Crippen LogP contribution in [0.15, 0.2) is 0 Å². The molecule has 5 rings (SSSR count). The average molecular weight is 795 g/mol. The van der Waals surface area contributed by atoms with Crippen LogP contribution in [0.2, 0.25) is 0 Å². The summed E-state index contributed by atoms with van der Waals surface area (Å²) in [5.41, 5.74) is -1.66. The maximum absolute atomic E-state index is 14.6. The molecule has 0 amide bonds. The summed E-state index contributed by atoms with van der Waals surface area (Å²) in [6, 6.07) is 0. The molecular formula is C44H74O12. The summed E-state index contributed by atoms with van der Waals surface area (Å²) in [6.45, 7) is 21.1. The summed E-state index contributed by atoms with van der Waals surface area (Å²) in [6.07, 6.45) is 3.29. The van der Waals surface area contributed by atoms with Gasteiger partial charge in [-0.3, -0.25) is 14.4 Å². The first-order valence-electron chi connectivity index (χ1n) is 21.9. The number of carbonyl (C=O) groups is 3.